The number of amides is 2. The van der Waals surface area contributed by atoms with Crippen LogP contribution in [-0.2, 0) is 10.4 Å². The number of hydrogen-bond acceptors (Lipinski definition) is 4. The Bertz CT molecular complexity index is 1010. The van der Waals surface area contributed by atoms with Gasteiger partial charge in [0.1, 0.15) is 0 Å². The highest BCUT2D eigenvalue weighted by molar-refractivity contribution is 6.35. The monoisotopic (exact) mass is 447 g/mol. The van der Waals surface area contributed by atoms with E-state index in [9.17, 15) is 14.7 Å². The van der Waals surface area contributed by atoms with Crippen molar-refractivity contribution in [3.8, 4) is 0 Å². The summed E-state index contributed by atoms with van der Waals surface area (Å²) in [4.78, 5) is 26.9. The van der Waals surface area contributed by atoms with Crippen molar-refractivity contribution < 1.29 is 14.7 Å². The minimum atomic E-state index is -2.03. The van der Waals surface area contributed by atoms with Gasteiger partial charge in [0.15, 0.2) is 5.60 Å². The topological polar surface area (TPSA) is 95.7 Å². The first-order chi connectivity index (χ1) is 14.3. The Labute approximate surface area is 184 Å². The summed E-state index contributed by atoms with van der Waals surface area (Å²) in [5.41, 5.74) is 4.50. The minimum absolute atomic E-state index is 0.0986. The van der Waals surface area contributed by atoms with E-state index in [0.717, 1.165) is 32.4 Å². The van der Waals surface area contributed by atoms with E-state index in [4.69, 9.17) is 28.9 Å². The molecule has 158 valence electrons. The maximum atomic E-state index is 13.6. The van der Waals surface area contributed by atoms with Crippen LogP contribution in [0.3, 0.4) is 0 Å². The Morgan fingerprint density at radius 2 is 1.90 bits per heavy atom. The summed E-state index contributed by atoms with van der Waals surface area (Å²) < 4.78 is 0. The normalized spacial score (nSPS) is 21.7. The van der Waals surface area contributed by atoms with Crippen LogP contribution in [0.1, 0.15) is 40.7 Å². The summed E-state index contributed by atoms with van der Waals surface area (Å²) in [7, 11) is 0. The molecule has 1 saturated heterocycles. The van der Waals surface area contributed by atoms with E-state index < -0.39 is 17.4 Å². The lowest BCUT2D eigenvalue weighted by molar-refractivity contribution is -0.132. The van der Waals surface area contributed by atoms with Crippen LogP contribution in [0.2, 0.25) is 10.0 Å². The maximum absolute atomic E-state index is 13.6. The molecule has 1 unspecified atom stereocenters. The van der Waals surface area contributed by atoms with E-state index >= 15 is 0 Å². The molecule has 2 amide bonds. The SMILES string of the molecule is NC(=O)c1cc(Cl)c2c(c1)N(CCC1CCNCC1)C(=O)C2(O)c1ccccc1Cl. The number of anilines is 1. The number of aliphatic hydroxyl groups is 1. The lowest BCUT2D eigenvalue weighted by atomic mass is 9.87. The lowest BCUT2D eigenvalue weighted by Crippen LogP contribution is -2.42. The highest BCUT2D eigenvalue weighted by Crippen LogP contribution is 2.50. The molecule has 2 aromatic rings. The van der Waals surface area contributed by atoms with Gasteiger partial charge in [-0.3, -0.25) is 9.59 Å². The Morgan fingerprint density at radius 1 is 1.20 bits per heavy atom. The van der Waals surface area contributed by atoms with Crippen LogP contribution in [-0.4, -0.2) is 36.6 Å². The van der Waals surface area contributed by atoms with Gasteiger partial charge in [0.25, 0.3) is 5.91 Å². The molecule has 0 bridgehead atoms. The first-order valence-corrected chi connectivity index (χ1v) is 10.7. The molecular weight excluding hydrogens is 425 g/mol. The third-order valence-electron chi connectivity index (χ3n) is 6.04. The second-order valence-electron chi connectivity index (χ2n) is 7.85. The molecule has 0 aliphatic carbocycles. The summed E-state index contributed by atoms with van der Waals surface area (Å²) in [5.74, 6) is -0.701. The molecular formula is C22H23Cl2N3O3. The van der Waals surface area contributed by atoms with Crippen LogP contribution >= 0.6 is 23.2 Å². The van der Waals surface area contributed by atoms with Crippen molar-refractivity contribution in [3.05, 3.63) is 63.1 Å². The van der Waals surface area contributed by atoms with E-state index in [0.29, 0.717) is 18.2 Å². The van der Waals surface area contributed by atoms with Crippen LogP contribution in [0.4, 0.5) is 5.69 Å². The quantitative estimate of drug-likeness (QED) is 0.655. The number of carbonyl (C=O) groups excluding carboxylic acids is 2. The van der Waals surface area contributed by atoms with Crippen molar-refractivity contribution in [2.75, 3.05) is 24.5 Å². The summed E-state index contributed by atoms with van der Waals surface area (Å²) in [6, 6.07) is 9.56. The number of nitrogens with zero attached hydrogens (tertiary/aromatic N) is 1. The molecule has 8 heteroatoms. The van der Waals surface area contributed by atoms with Crippen molar-refractivity contribution in [2.24, 2.45) is 11.7 Å². The van der Waals surface area contributed by atoms with Gasteiger partial charge in [0.2, 0.25) is 5.91 Å². The number of nitrogens with two attached hydrogens (primary N) is 1. The number of carbonyl (C=O) groups is 2. The van der Waals surface area contributed by atoms with E-state index in [-0.39, 0.29) is 26.7 Å². The number of fused-ring (bicyclic) bond motifs is 1. The average Bonchev–Trinajstić information content (AvgIpc) is 2.95. The molecule has 30 heavy (non-hydrogen) atoms. The van der Waals surface area contributed by atoms with Gasteiger partial charge in [0, 0.05) is 28.3 Å². The van der Waals surface area contributed by atoms with E-state index in [1.165, 1.54) is 17.0 Å². The zero-order chi connectivity index (χ0) is 21.5. The van der Waals surface area contributed by atoms with Gasteiger partial charge in [-0.1, -0.05) is 41.4 Å². The number of benzene rings is 2. The van der Waals surface area contributed by atoms with E-state index in [2.05, 4.69) is 5.32 Å². The molecule has 4 N–H and O–H groups in total. The van der Waals surface area contributed by atoms with Crippen molar-refractivity contribution in [1.82, 2.24) is 5.32 Å². The van der Waals surface area contributed by atoms with Crippen molar-refractivity contribution in [3.63, 3.8) is 0 Å². The molecule has 0 aromatic heterocycles. The molecule has 2 heterocycles. The van der Waals surface area contributed by atoms with Gasteiger partial charge >= 0.3 is 0 Å². The number of piperidine rings is 1. The lowest BCUT2D eigenvalue weighted by Gasteiger charge is -2.27. The number of rotatable bonds is 5. The van der Waals surface area contributed by atoms with Crippen molar-refractivity contribution in [1.29, 1.82) is 0 Å². The van der Waals surface area contributed by atoms with Crippen LogP contribution in [0.5, 0.6) is 0 Å². The maximum Gasteiger partial charge on any atom is 0.268 e. The number of primary amides is 1. The molecule has 2 aliphatic heterocycles. The Hall–Kier alpha value is -2.12. The highest BCUT2D eigenvalue weighted by Gasteiger charge is 2.53. The minimum Gasteiger partial charge on any atom is -0.372 e. The summed E-state index contributed by atoms with van der Waals surface area (Å²) in [6.45, 7) is 2.31. The van der Waals surface area contributed by atoms with Gasteiger partial charge in [-0.05, 0) is 56.5 Å². The van der Waals surface area contributed by atoms with Crippen molar-refractivity contribution >= 4 is 40.7 Å². The standard InChI is InChI=1S/C22H23Cl2N3O3/c23-16-4-2-1-3-15(16)22(30)19-17(24)11-14(20(25)28)12-18(19)27(21(22)29)10-7-13-5-8-26-9-6-13/h1-4,11-13,26,30H,5-10H2,(H2,25,28). The predicted octanol–water partition coefficient (Wildman–Crippen LogP) is 3.06. The molecule has 4 rings (SSSR count). The summed E-state index contributed by atoms with van der Waals surface area (Å²) >= 11 is 12.8. The molecule has 1 atom stereocenters. The first kappa shape index (κ1) is 21.1. The first-order valence-electron chi connectivity index (χ1n) is 9.98. The van der Waals surface area contributed by atoms with Crippen LogP contribution in [0, 0.1) is 5.92 Å². The van der Waals surface area contributed by atoms with Gasteiger partial charge in [-0.25, -0.2) is 0 Å². The molecule has 2 aromatic carbocycles. The fourth-order valence-corrected chi connectivity index (χ4v) is 5.05. The van der Waals surface area contributed by atoms with Gasteiger partial charge in [-0.2, -0.15) is 0 Å². The second kappa shape index (κ2) is 8.19. The molecule has 2 aliphatic rings. The fourth-order valence-electron chi connectivity index (χ4n) is 4.43. The average molecular weight is 448 g/mol. The van der Waals surface area contributed by atoms with Crippen LogP contribution < -0.4 is 16.0 Å². The molecule has 6 nitrogen and oxygen atoms in total. The van der Waals surface area contributed by atoms with Crippen LogP contribution in [0.15, 0.2) is 36.4 Å². The number of nitrogens with one attached hydrogen (secondary N) is 1. The summed E-state index contributed by atoms with van der Waals surface area (Å²) in [5, 5.41) is 15.4. The highest BCUT2D eigenvalue weighted by atomic mass is 35.5. The zero-order valence-corrected chi connectivity index (χ0v) is 17.8. The van der Waals surface area contributed by atoms with Gasteiger partial charge in [0.05, 0.1) is 10.7 Å². The molecule has 0 spiro atoms. The fraction of sp³-hybridized carbons (Fsp3) is 0.364. The van der Waals surface area contributed by atoms with E-state index in [1.807, 2.05) is 0 Å². The smallest absolute Gasteiger partial charge is 0.268 e. The molecule has 0 radical (unpaired) electrons. The number of halogens is 2. The number of hydrogen-bond donors (Lipinski definition) is 3. The summed E-state index contributed by atoms with van der Waals surface area (Å²) in [6.07, 6.45) is 2.85. The van der Waals surface area contributed by atoms with Gasteiger partial charge in [-0.15, -0.1) is 0 Å². The predicted molar refractivity (Wildman–Crippen MR) is 117 cm³/mol. The molecule has 1 fully saturated rings. The third kappa shape index (κ3) is 3.48. The second-order valence-corrected chi connectivity index (χ2v) is 8.66. The van der Waals surface area contributed by atoms with E-state index in [1.54, 1.807) is 24.3 Å². The molecule has 0 saturated carbocycles. The largest absolute Gasteiger partial charge is 0.372 e. The van der Waals surface area contributed by atoms with Gasteiger partial charge < -0.3 is 21.1 Å². The van der Waals surface area contributed by atoms with Crippen LogP contribution in [0.25, 0.3) is 0 Å². The zero-order valence-electron chi connectivity index (χ0n) is 16.3. The Balaban J connectivity index is 1.80. The third-order valence-corrected chi connectivity index (χ3v) is 6.67. The Morgan fingerprint density at radius 3 is 2.57 bits per heavy atom. The Kier molecular flexibility index (Phi) is 5.77. The van der Waals surface area contributed by atoms with Crippen molar-refractivity contribution in [2.45, 2.75) is 24.9 Å².